The maximum absolute atomic E-state index is 12.9. The van der Waals surface area contributed by atoms with E-state index in [1.54, 1.807) is 0 Å². The second-order valence-corrected chi connectivity index (χ2v) is 8.25. The van der Waals surface area contributed by atoms with Crippen molar-refractivity contribution in [3.05, 3.63) is 0 Å². The molecular formula is C20H38N2O2. The Morgan fingerprint density at radius 1 is 0.958 bits per heavy atom. The van der Waals surface area contributed by atoms with Gasteiger partial charge in [-0.3, -0.25) is 9.59 Å². The topological polar surface area (TPSA) is 40.6 Å². The van der Waals surface area contributed by atoms with Crippen molar-refractivity contribution >= 4 is 11.7 Å². The van der Waals surface area contributed by atoms with Crippen molar-refractivity contribution in [1.29, 1.82) is 0 Å². The van der Waals surface area contributed by atoms with Crippen LogP contribution < -0.4 is 0 Å². The van der Waals surface area contributed by atoms with Crippen LogP contribution in [-0.4, -0.2) is 54.7 Å². The van der Waals surface area contributed by atoms with E-state index in [0.29, 0.717) is 0 Å². The molecule has 1 amide bonds. The van der Waals surface area contributed by atoms with Gasteiger partial charge in [-0.2, -0.15) is 0 Å². The van der Waals surface area contributed by atoms with Crippen LogP contribution in [-0.2, 0) is 9.59 Å². The lowest BCUT2D eigenvalue weighted by Gasteiger charge is -2.35. The molecule has 1 aliphatic carbocycles. The van der Waals surface area contributed by atoms with Gasteiger partial charge in [0.2, 0.25) is 5.91 Å². The second kappa shape index (κ2) is 9.55. The van der Waals surface area contributed by atoms with Gasteiger partial charge in [0.25, 0.3) is 0 Å². The predicted octanol–water partition coefficient (Wildman–Crippen LogP) is 3.60. The standard InChI is InChI=1S/C20H38N2O2/c1-7-22(8-2)15-11-14-21(6)19(24)17-13-10-9-12-16(17)18(23)20(3,4)5/h16-17H,7-15H2,1-6H3/t16-,17+/m1/s1. The molecule has 0 heterocycles. The highest BCUT2D eigenvalue weighted by Gasteiger charge is 2.40. The fourth-order valence-corrected chi connectivity index (χ4v) is 3.76. The molecule has 0 aromatic heterocycles. The molecule has 1 aliphatic rings. The summed E-state index contributed by atoms with van der Waals surface area (Å²) in [5.41, 5.74) is -0.359. The van der Waals surface area contributed by atoms with E-state index in [0.717, 1.165) is 58.3 Å². The number of carbonyl (C=O) groups excluding carboxylic acids is 2. The van der Waals surface area contributed by atoms with E-state index in [9.17, 15) is 9.59 Å². The molecule has 24 heavy (non-hydrogen) atoms. The van der Waals surface area contributed by atoms with Crippen molar-refractivity contribution in [3.63, 3.8) is 0 Å². The van der Waals surface area contributed by atoms with E-state index in [1.165, 1.54) is 0 Å². The number of amides is 1. The molecule has 0 unspecified atom stereocenters. The Bertz CT molecular complexity index is 410. The molecule has 0 N–H and O–H groups in total. The van der Waals surface area contributed by atoms with Gasteiger partial charge in [0.1, 0.15) is 5.78 Å². The zero-order valence-corrected chi connectivity index (χ0v) is 16.7. The average molecular weight is 339 g/mol. The Morgan fingerprint density at radius 3 is 2.00 bits per heavy atom. The minimum atomic E-state index is -0.359. The van der Waals surface area contributed by atoms with Gasteiger partial charge in [0.05, 0.1) is 0 Å². The van der Waals surface area contributed by atoms with Crippen LogP contribution in [0.2, 0.25) is 0 Å². The molecule has 1 rings (SSSR count). The molecule has 4 nitrogen and oxygen atoms in total. The van der Waals surface area contributed by atoms with Crippen molar-refractivity contribution in [2.45, 2.75) is 66.7 Å². The summed E-state index contributed by atoms with van der Waals surface area (Å²) in [6.45, 7) is 14.2. The Hall–Kier alpha value is -0.900. The molecule has 0 spiro atoms. The van der Waals surface area contributed by atoms with Gasteiger partial charge in [0, 0.05) is 30.8 Å². The van der Waals surface area contributed by atoms with Crippen LogP contribution in [0.4, 0.5) is 0 Å². The maximum Gasteiger partial charge on any atom is 0.226 e. The van der Waals surface area contributed by atoms with Gasteiger partial charge in [-0.1, -0.05) is 47.5 Å². The van der Waals surface area contributed by atoms with Gasteiger partial charge in [-0.15, -0.1) is 0 Å². The molecule has 4 heteroatoms. The minimum absolute atomic E-state index is 0.0866. The average Bonchev–Trinajstić information content (AvgIpc) is 2.56. The summed E-state index contributed by atoms with van der Waals surface area (Å²) >= 11 is 0. The quantitative estimate of drug-likeness (QED) is 0.679. The third-order valence-electron chi connectivity index (χ3n) is 5.40. The highest BCUT2D eigenvalue weighted by Crippen LogP contribution is 2.36. The number of hydrogen-bond acceptors (Lipinski definition) is 3. The van der Waals surface area contributed by atoms with Crippen molar-refractivity contribution in [1.82, 2.24) is 9.80 Å². The molecular weight excluding hydrogens is 300 g/mol. The predicted molar refractivity (Wildman–Crippen MR) is 100.0 cm³/mol. The Kier molecular flexibility index (Phi) is 8.41. The monoisotopic (exact) mass is 338 g/mol. The number of Topliss-reactive ketones (excluding diaryl/α,β-unsaturated/α-hetero) is 1. The number of hydrogen-bond donors (Lipinski definition) is 0. The first kappa shape index (κ1) is 21.1. The molecule has 0 aliphatic heterocycles. The van der Waals surface area contributed by atoms with E-state index in [1.807, 2.05) is 32.7 Å². The number of rotatable bonds is 8. The number of carbonyl (C=O) groups is 2. The van der Waals surface area contributed by atoms with Crippen molar-refractivity contribution in [2.24, 2.45) is 17.3 Å². The normalized spacial score (nSPS) is 21.8. The molecule has 140 valence electrons. The highest BCUT2D eigenvalue weighted by atomic mass is 16.2. The molecule has 1 fully saturated rings. The summed E-state index contributed by atoms with van der Waals surface area (Å²) in [7, 11) is 1.90. The van der Waals surface area contributed by atoms with Crippen LogP contribution in [0, 0.1) is 17.3 Å². The van der Waals surface area contributed by atoms with Crippen LogP contribution >= 0.6 is 0 Å². The third-order valence-corrected chi connectivity index (χ3v) is 5.40. The van der Waals surface area contributed by atoms with E-state index in [4.69, 9.17) is 0 Å². The SMILES string of the molecule is CCN(CC)CCCN(C)C(=O)[C@H]1CCCC[C@H]1C(=O)C(C)(C)C. The largest absolute Gasteiger partial charge is 0.345 e. The van der Waals surface area contributed by atoms with E-state index >= 15 is 0 Å². The fourth-order valence-electron chi connectivity index (χ4n) is 3.76. The lowest BCUT2D eigenvalue weighted by molar-refractivity contribution is -0.144. The van der Waals surface area contributed by atoms with Gasteiger partial charge < -0.3 is 9.80 Å². The number of nitrogens with zero attached hydrogens (tertiary/aromatic N) is 2. The summed E-state index contributed by atoms with van der Waals surface area (Å²) in [4.78, 5) is 29.9. The van der Waals surface area contributed by atoms with Crippen molar-refractivity contribution < 1.29 is 9.59 Å². The highest BCUT2D eigenvalue weighted by molar-refractivity contribution is 5.91. The molecule has 0 bridgehead atoms. The zero-order chi connectivity index (χ0) is 18.3. The Morgan fingerprint density at radius 2 is 1.50 bits per heavy atom. The molecule has 0 aromatic rings. The lowest BCUT2D eigenvalue weighted by Crippen LogP contribution is -2.44. The summed E-state index contributed by atoms with van der Waals surface area (Å²) in [6.07, 6.45) is 4.87. The lowest BCUT2D eigenvalue weighted by atomic mass is 9.70. The van der Waals surface area contributed by atoms with Gasteiger partial charge in [0.15, 0.2) is 0 Å². The summed E-state index contributed by atoms with van der Waals surface area (Å²) < 4.78 is 0. The van der Waals surface area contributed by atoms with Crippen LogP contribution in [0.5, 0.6) is 0 Å². The zero-order valence-electron chi connectivity index (χ0n) is 16.7. The first-order valence-corrected chi connectivity index (χ1v) is 9.74. The fraction of sp³-hybridized carbons (Fsp3) is 0.900. The Labute approximate surface area is 149 Å². The maximum atomic E-state index is 12.9. The minimum Gasteiger partial charge on any atom is -0.345 e. The Balaban J connectivity index is 2.63. The first-order chi connectivity index (χ1) is 11.2. The van der Waals surface area contributed by atoms with Crippen molar-refractivity contribution in [3.8, 4) is 0 Å². The smallest absolute Gasteiger partial charge is 0.226 e. The van der Waals surface area contributed by atoms with E-state index in [2.05, 4.69) is 18.7 Å². The van der Waals surface area contributed by atoms with Crippen LogP contribution in [0.3, 0.4) is 0 Å². The van der Waals surface area contributed by atoms with Crippen LogP contribution in [0.1, 0.15) is 66.7 Å². The van der Waals surface area contributed by atoms with Crippen LogP contribution in [0.25, 0.3) is 0 Å². The summed E-state index contributed by atoms with van der Waals surface area (Å²) in [6, 6.07) is 0. The van der Waals surface area contributed by atoms with Crippen LogP contribution in [0.15, 0.2) is 0 Å². The van der Waals surface area contributed by atoms with E-state index in [-0.39, 0.29) is 28.9 Å². The van der Waals surface area contributed by atoms with Gasteiger partial charge >= 0.3 is 0 Å². The summed E-state index contributed by atoms with van der Waals surface area (Å²) in [5, 5.41) is 0. The third kappa shape index (κ3) is 5.87. The molecule has 2 atom stereocenters. The second-order valence-electron chi connectivity index (χ2n) is 8.25. The molecule has 0 saturated heterocycles. The van der Waals surface area contributed by atoms with Crippen molar-refractivity contribution in [2.75, 3.05) is 33.2 Å². The molecule has 0 radical (unpaired) electrons. The molecule has 1 saturated carbocycles. The first-order valence-electron chi connectivity index (χ1n) is 9.74. The summed E-state index contributed by atoms with van der Waals surface area (Å²) in [5.74, 6) is 0.245. The van der Waals surface area contributed by atoms with E-state index < -0.39 is 0 Å². The molecule has 0 aromatic carbocycles. The van der Waals surface area contributed by atoms with Gasteiger partial charge in [-0.05, 0) is 38.9 Å². The number of ketones is 1. The van der Waals surface area contributed by atoms with Gasteiger partial charge in [-0.25, -0.2) is 0 Å².